The second kappa shape index (κ2) is 6.09. The molecule has 1 saturated heterocycles. The lowest BCUT2D eigenvalue weighted by Crippen LogP contribution is -2.40. The Bertz CT molecular complexity index is 303. The number of rotatable bonds is 5. The first-order chi connectivity index (χ1) is 9.10. The van der Waals surface area contributed by atoms with Crippen LogP contribution < -0.4 is 5.73 Å². The number of primary amides is 1. The molecule has 0 bridgehead atoms. The van der Waals surface area contributed by atoms with Gasteiger partial charge >= 0.3 is 6.09 Å². The van der Waals surface area contributed by atoms with Crippen molar-refractivity contribution in [1.82, 2.24) is 0 Å². The minimum absolute atomic E-state index is 0.289. The van der Waals surface area contributed by atoms with E-state index in [4.69, 9.17) is 19.9 Å². The van der Waals surface area contributed by atoms with Crippen molar-refractivity contribution in [2.75, 3.05) is 19.8 Å². The highest BCUT2D eigenvalue weighted by atomic mass is 16.7. The van der Waals surface area contributed by atoms with Crippen LogP contribution in [-0.2, 0) is 14.2 Å². The van der Waals surface area contributed by atoms with Crippen molar-refractivity contribution in [1.29, 1.82) is 0 Å². The number of carbonyl (C=O) groups is 1. The van der Waals surface area contributed by atoms with Crippen molar-refractivity contribution in [3.8, 4) is 0 Å². The van der Waals surface area contributed by atoms with Crippen molar-refractivity contribution in [2.45, 2.75) is 57.7 Å². The summed E-state index contributed by atoms with van der Waals surface area (Å²) in [5.41, 5.74) is 5.31. The molecule has 110 valence electrons. The van der Waals surface area contributed by atoms with Crippen LogP contribution in [0.25, 0.3) is 0 Å². The molecule has 1 saturated carbocycles. The molecule has 1 heterocycles. The topological polar surface area (TPSA) is 70.8 Å². The fourth-order valence-electron chi connectivity index (χ4n) is 3.35. The second-order valence-corrected chi connectivity index (χ2v) is 5.73. The van der Waals surface area contributed by atoms with Gasteiger partial charge in [-0.3, -0.25) is 0 Å². The average molecular weight is 271 g/mol. The fraction of sp³-hybridized carbons (Fsp3) is 0.929. The molecule has 2 aliphatic rings. The zero-order valence-electron chi connectivity index (χ0n) is 11.8. The molecule has 5 nitrogen and oxygen atoms in total. The van der Waals surface area contributed by atoms with Crippen LogP contribution in [0.1, 0.15) is 51.9 Å². The van der Waals surface area contributed by atoms with E-state index in [1.54, 1.807) is 0 Å². The van der Waals surface area contributed by atoms with E-state index in [1.165, 1.54) is 0 Å². The monoisotopic (exact) mass is 271 g/mol. The maximum absolute atomic E-state index is 10.5. The molecule has 1 spiro atoms. The molecule has 2 fully saturated rings. The van der Waals surface area contributed by atoms with Crippen LogP contribution in [0.15, 0.2) is 0 Å². The number of nitrogens with two attached hydrogens (primary N) is 1. The molecule has 0 aromatic heterocycles. The van der Waals surface area contributed by atoms with E-state index in [0.29, 0.717) is 12.0 Å². The molecule has 0 atom stereocenters. The van der Waals surface area contributed by atoms with E-state index in [2.05, 4.69) is 6.92 Å². The van der Waals surface area contributed by atoms with Gasteiger partial charge in [0.05, 0.1) is 19.8 Å². The number of hydrogen-bond acceptors (Lipinski definition) is 4. The van der Waals surface area contributed by atoms with Crippen molar-refractivity contribution in [2.24, 2.45) is 11.1 Å². The first kappa shape index (κ1) is 14.6. The van der Waals surface area contributed by atoms with Crippen LogP contribution in [0.3, 0.4) is 0 Å². The van der Waals surface area contributed by atoms with Gasteiger partial charge in [0, 0.05) is 12.8 Å². The maximum atomic E-state index is 10.5. The summed E-state index contributed by atoms with van der Waals surface area (Å²) < 4.78 is 16.3. The Morgan fingerprint density at radius 3 is 2.37 bits per heavy atom. The lowest BCUT2D eigenvalue weighted by Gasteiger charge is -2.43. The number of hydrogen-bond donors (Lipinski definition) is 1. The average Bonchev–Trinajstić information content (AvgIpc) is 2.86. The third-order valence-corrected chi connectivity index (χ3v) is 4.73. The van der Waals surface area contributed by atoms with E-state index in [1.807, 2.05) is 0 Å². The molecule has 0 radical (unpaired) electrons. The van der Waals surface area contributed by atoms with Gasteiger partial charge in [-0.15, -0.1) is 0 Å². The molecule has 1 aliphatic heterocycles. The minimum Gasteiger partial charge on any atom is -0.450 e. The zero-order valence-corrected chi connectivity index (χ0v) is 11.8. The molecule has 0 unspecified atom stereocenters. The van der Waals surface area contributed by atoms with Gasteiger partial charge in [-0.25, -0.2) is 4.79 Å². The predicted molar refractivity (Wildman–Crippen MR) is 70.6 cm³/mol. The summed E-state index contributed by atoms with van der Waals surface area (Å²) in [5.74, 6) is -0.289. The Kier molecular flexibility index (Phi) is 4.68. The maximum Gasteiger partial charge on any atom is 0.404 e. The summed E-state index contributed by atoms with van der Waals surface area (Å²) >= 11 is 0. The van der Waals surface area contributed by atoms with E-state index < -0.39 is 6.09 Å². The Balaban J connectivity index is 1.78. The molecule has 2 N–H and O–H groups in total. The number of amides is 1. The van der Waals surface area contributed by atoms with E-state index in [9.17, 15) is 4.79 Å². The van der Waals surface area contributed by atoms with Gasteiger partial charge in [0.1, 0.15) is 0 Å². The summed E-state index contributed by atoms with van der Waals surface area (Å²) in [4.78, 5) is 10.5. The van der Waals surface area contributed by atoms with Crippen LogP contribution >= 0.6 is 0 Å². The first-order valence-electron chi connectivity index (χ1n) is 7.30. The molecule has 0 aromatic rings. The molecular formula is C14H25NO4. The molecule has 5 heteroatoms. The highest BCUT2D eigenvalue weighted by molar-refractivity contribution is 5.64. The van der Waals surface area contributed by atoms with Crippen LogP contribution in [-0.4, -0.2) is 31.7 Å². The highest BCUT2D eigenvalue weighted by Gasteiger charge is 2.45. The quantitative estimate of drug-likeness (QED) is 0.780. The fourth-order valence-corrected chi connectivity index (χ4v) is 3.35. The molecule has 0 aromatic carbocycles. The summed E-state index contributed by atoms with van der Waals surface area (Å²) in [6.45, 7) is 4.12. The largest absolute Gasteiger partial charge is 0.450 e. The summed E-state index contributed by atoms with van der Waals surface area (Å²) in [7, 11) is 0. The normalized spacial score (nSPS) is 24.5. The van der Waals surface area contributed by atoms with Crippen LogP contribution in [0.4, 0.5) is 4.79 Å². The van der Waals surface area contributed by atoms with Crippen LogP contribution in [0, 0.1) is 5.41 Å². The molecular weight excluding hydrogens is 246 g/mol. The Morgan fingerprint density at radius 2 is 1.84 bits per heavy atom. The standard InChI is InChI=1S/C14H25NO4/c1-2-13(4-3-9-17-12(15)16)5-7-14(8-6-13)18-10-11-19-14/h2-11H2,1H3,(H2,15,16). The second-order valence-electron chi connectivity index (χ2n) is 5.73. The summed E-state index contributed by atoms with van der Waals surface area (Å²) in [6, 6.07) is 0. The van der Waals surface area contributed by atoms with Gasteiger partial charge in [-0.1, -0.05) is 13.3 Å². The summed E-state index contributed by atoms with van der Waals surface area (Å²) in [5, 5.41) is 0. The molecule has 1 aliphatic carbocycles. The van der Waals surface area contributed by atoms with Crippen LogP contribution in [0.5, 0.6) is 0 Å². The predicted octanol–water partition coefficient (Wildman–Crippen LogP) is 2.58. The van der Waals surface area contributed by atoms with Gasteiger partial charge in [-0.2, -0.15) is 0 Å². The highest BCUT2D eigenvalue weighted by Crippen LogP contribution is 2.48. The lowest BCUT2D eigenvalue weighted by atomic mass is 9.68. The van der Waals surface area contributed by atoms with E-state index >= 15 is 0 Å². The zero-order chi connectivity index (χ0) is 13.8. The van der Waals surface area contributed by atoms with Gasteiger partial charge in [-0.05, 0) is 31.1 Å². The number of ether oxygens (including phenoxy) is 3. The van der Waals surface area contributed by atoms with Crippen molar-refractivity contribution < 1.29 is 19.0 Å². The first-order valence-corrected chi connectivity index (χ1v) is 7.30. The molecule has 2 rings (SSSR count). The van der Waals surface area contributed by atoms with Gasteiger partial charge < -0.3 is 19.9 Å². The Labute approximate surface area is 114 Å². The van der Waals surface area contributed by atoms with Crippen molar-refractivity contribution in [3.63, 3.8) is 0 Å². The number of carbonyl (C=O) groups excluding carboxylic acids is 1. The lowest BCUT2D eigenvalue weighted by molar-refractivity contribution is -0.192. The minimum atomic E-state index is -0.680. The van der Waals surface area contributed by atoms with E-state index in [-0.39, 0.29) is 5.79 Å². The third kappa shape index (κ3) is 3.60. The summed E-state index contributed by atoms with van der Waals surface area (Å²) in [6.07, 6.45) is 6.65. The van der Waals surface area contributed by atoms with Crippen molar-refractivity contribution >= 4 is 6.09 Å². The Morgan fingerprint density at radius 1 is 1.21 bits per heavy atom. The van der Waals surface area contributed by atoms with Crippen molar-refractivity contribution in [3.05, 3.63) is 0 Å². The van der Waals surface area contributed by atoms with Crippen LogP contribution in [0.2, 0.25) is 0 Å². The smallest absolute Gasteiger partial charge is 0.404 e. The SMILES string of the molecule is CCC1(CCCOC(N)=O)CCC2(CC1)OCCO2. The van der Waals surface area contributed by atoms with Gasteiger partial charge in [0.2, 0.25) is 0 Å². The van der Waals surface area contributed by atoms with E-state index in [0.717, 1.165) is 58.2 Å². The Hall–Kier alpha value is -0.810. The molecule has 1 amide bonds. The van der Waals surface area contributed by atoms with Gasteiger partial charge in [0.15, 0.2) is 5.79 Å². The third-order valence-electron chi connectivity index (χ3n) is 4.73. The molecule has 19 heavy (non-hydrogen) atoms. The van der Waals surface area contributed by atoms with Gasteiger partial charge in [0.25, 0.3) is 0 Å².